The Kier molecular flexibility index (Phi) is 8.18. The van der Waals surface area contributed by atoms with Crippen molar-refractivity contribution in [1.29, 1.82) is 0 Å². The van der Waals surface area contributed by atoms with Gasteiger partial charge in [-0.05, 0) is 0 Å². The van der Waals surface area contributed by atoms with Gasteiger partial charge in [-0.2, -0.15) is 0 Å². The summed E-state index contributed by atoms with van der Waals surface area (Å²) in [7, 11) is 19.3. The van der Waals surface area contributed by atoms with E-state index in [4.69, 9.17) is 17.0 Å². The normalized spacial score (nSPS) is 12.7. The van der Waals surface area contributed by atoms with Crippen molar-refractivity contribution in [1.82, 2.24) is 0 Å². The molecule has 2 unspecified atom stereocenters. The molecule has 0 fully saturated rings. The molecule has 0 saturated heterocycles. The van der Waals surface area contributed by atoms with Crippen LogP contribution in [0.25, 0.3) is 43.4 Å². The van der Waals surface area contributed by atoms with Gasteiger partial charge in [-0.15, -0.1) is 0 Å². The molecule has 0 amide bonds. The number of rotatable bonds is 6. The minimum atomic E-state index is -4.66. The van der Waals surface area contributed by atoms with Crippen LogP contribution < -0.4 is 5.47 Å². The molecule has 6 aromatic rings. The molecule has 0 aliphatic carbocycles. The van der Waals surface area contributed by atoms with Crippen molar-refractivity contribution >= 4 is 59.0 Å². The molecule has 0 radical (unpaired) electrons. The summed E-state index contributed by atoms with van der Waals surface area (Å²) < 4.78 is 4.93. The van der Waals surface area contributed by atoms with E-state index in [-0.39, 0.29) is 0 Å². The van der Waals surface area contributed by atoms with Gasteiger partial charge >= 0.3 is 247 Å². The standard InChI is InChI=1S/2C15H11P2.C2H4.2ClH.Zr/c2*1-3-7-12(8-4-1)14-15(17-11-16-14)13-9-5-2-6-10-13;1-2;;;/h2*1-10,16H;1H,2H3;2*1H;/q;;;;;+2/p-2. The minimum absolute atomic E-state index is 0.490. The molecule has 0 N–H and O–H groups in total. The first kappa shape index (κ1) is 27.8. The fourth-order valence-corrected chi connectivity index (χ4v) is 37.9. The van der Waals surface area contributed by atoms with Crippen molar-refractivity contribution in [3.8, 4) is 43.4 Å². The SMILES string of the molecule is C[CH]=[Zr]([Cl])([Cl])([c]1pc(-c2ccccc2)c(-c2ccccc2)[pH]1)[c]1pc(-c2ccccc2)c(-c2ccccc2)[pH]1. The summed E-state index contributed by atoms with van der Waals surface area (Å²) in [6.07, 6.45) is 0. The van der Waals surface area contributed by atoms with Gasteiger partial charge < -0.3 is 0 Å². The third-order valence-electron chi connectivity index (χ3n) is 7.00. The molecule has 0 saturated carbocycles. The quantitative estimate of drug-likeness (QED) is 0.163. The van der Waals surface area contributed by atoms with E-state index in [0.29, 0.717) is 16.4 Å². The molecule has 4 aromatic carbocycles. The molecule has 0 spiro atoms. The predicted octanol–water partition coefficient (Wildman–Crippen LogP) is 11.3. The molecule has 0 aliphatic rings. The molecule has 39 heavy (non-hydrogen) atoms. The van der Waals surface area contributed by atoms with Crippen LogP contribution in [0.5, 0.6) is 0 Å². The number of halogens is 2. The zero-order valence-electron chi connectivity index (χ0n) is 21.3. The Morgan fingerprint density at radius 2 is 0.821 bits per heavy atom. The van der Waals surface area contributed by atoms with Gasteiger partial charge in [0.05, 0.1) is 0 Å². The second-order valence-electron chi connectivity index (χ2n) is 9.45. The van der Waals surface area contributed by atoms with Gasteiger partial charge in [0.1, 0.15) is 0 Å². The summed E-state index contributed by atoms with van der Waals surface area (Å²) in [5.41, 5.74) is 5.05. The van der Waals surface area contributed by atoms with Gasteiger partial charge in [0, 0.05) is 0 Å². The van der Waals surface area contributed by atoms with Crippen LogP contribution in [0.4, 0.5) is 0 Å². The first-order chi connectivity index (χ1) is 19.0. The number of benzene rings is 4. The van der Waals surface area contributed by atoms with E-state index in [9.17, 15) is 0 Å². The summed E-state index contributed by atoms with van der Waals surface area (Å²) in [4.78, 5) is 0. The fourth-order valence-electron chi connectivity index (χ4n) is 4.80. The van der Waals surface area contributed by atoms with Crippen LogP contribution >= 0.6 is 49.8 Å². The van der Waals surface area contributed by atoms with Gasteiger partial charge in [-0.1, -0.05) is 0 Å². The fraction of sp³-hybridized carbons (Fsp3) is 0.0312. The zero-order valence-corrected chi connectivity index (χ0v) is 29.0. The van der Waals surface area contributed by atoms with Crippen molar-refractivity contribution in [2.24, 2.45) is 0 Å². The maximum atomic E-state index is 7.99. The average molecular weight is 697 g/mol. The molecule has 0 nitrogen and oxygen atoms in total. The third-order valence-corrected chi connectivity index (χ3v) is 48.5. The van der Waals surface area contributed by atoms with Crippen molar-refractivity contribution in [3.05, 3.63) is 121 Å². The van der Waals surface area contributed by atoms with E-state index in [2.05, 4.69) is 132 Å². The molecule has 0 aliphatic heterocycles. The summed E-state index contributed by atoms with van der Waals surface area (Å²) >= 11 is -4.66. The molecule has 6 rings (SSSR count). The van der Waals surface area contributed by atoms with Crippen LogP contribution in [0.1, 0.15) is 6.92 Å². The Bertz CT molecular complexity index is 1560. The number of hydrogen-bond donors (Lipinski definition) is 0. The van der Waals surface area contributed by atoms with Crippen LogP contribution in [0.15, 0.2) is 121 Å². The Morgan fingerprint density at radius 1 is 0.513 bits per heavy atom. The molecule has 7 heteroatoms. The van der Waals surface area contributed by atoms with E-state index < -0.39 is 15.9 Å². The van der Waals surface area contributed by atoms with Crippen LogP contribution in [0.2, 0.25) is 0 Å². The molecule has 2 aromatic heterocycles. The average Bonchev–Trinajstić information content (AvgIpc) is 3.67. The van der Waals surface area contributed by atoms with Crippen LogP contribution in [-0.4, -0.2) is 3.71 Å². The van der Waals surface area contributed by atoms with E-state index in [0.717, 1.165) is 0 Å². The summed E-state index contributed by atoms with van der Waals surface area (Å²) in [5.74, 6) is 0. The van der Waals surface area contributed by atoms with Crippen LogP contribution in [0.3, 0.4) is 0 Å². The molecular weight excluding hydrogens is 670 g/mol. The van der Waals surface area contributed by atoms with Crippen molar-refractivity contribution in [2.75, 3.05) is 0 Å². The van der Waals surface area contributed by atoms with Crippen molar-refractivity contribution in [2.45, 2.75) is 6.92 Å². The Morgan fingerprint density at radius 3 is 1.13 bits per heavy atom. The zero-order chi connectivity index (χ0) is 26.9. The molecular formula is C32H26Cl2P4Zr. The Labute approximate surface area is 244 Å². The van der Waals surface area contributed by atoms with Crippen LogP contribution in [-0.2, 0) is 15.9 Å². The second kappa shape index (κ2) is 11.5. The second-order valence-corrected chi connectivity index (χ2v) is 39.2. The van der Waals surface area contributed by atoms with Gasteiger partial charge in [0.15, 0.2) is 0 Å². The summed E-state index contributed by atoms with van der Waals surface area (Å²) in [5, 5.41) is 5.44. The monoisotopic (exact) mass is 694 g/mol. The van der Waals surface area contributed by atoms with Crippen molar-refractivity contribution < 1.29 is 15.9 Å². The van der Waals surface area contributed by atoms with E-state index >= 15 is 0 Å². The first-order valence-corrected chi connectivity index (χ1v) is 26.8. The van der Waals surface area contributed by atoms with Gasteiger partial charge in [0.2, 0.25) is 0 Å². The molecule has 2 atom stereocenters. The van der Waals surface area contributed by atoms with Crippen molar-refractivity contribution in [3.63, 3.8) is 0 Å². The maximum absolute atomic E-state index is 7.99. The third kappa shape index (κ3) is 5.35. The van der Waals surface area contributed by atoms with E-state index in [1.54, 1.807) is 0 Å². The predicted molar refractivity (Wildman–Crippen MR) is 181 cm³/mol. The van der Waals surface area contributed by atoms with Gasteiger partial charge in [-0.3, -0.25) is 0 Å². The van der Waals surface area contributed by atoms with E-state index in [1.165, 1.54) is 65.3 Å². The van der Waals surface area contributed by atoms with Gasteiger partial charge in [-0.25, -0.2) is 0 Å². The van der Waals surface area contributed by atoms with E-state index in [1.807, 2.05) is 0 Å². The molecule has 2 heterocycles. The number of hydrogen-bond acceptors (Lipinski definition) is 0. The Balaban J connectivity index is 1.60. The Hall–Kier alpha value is -1.37. The summed E-state index contributed by atoms with van der Waals surface area (Å²) in [6, 6.07) is 43.0. The van der Waals surface area contributed by atoms with Crippen LogP contribution in [0, 0.1) is 0 Å². The molecule has 0 bridgehead atoms. The summed E-state index contributed by atoms with van der Waals surface area (Å²) in [6.45, 7) is 2.11. The first-order valence-electron chi connectivity index (χ1n) is 12.8. The topological polar surface area (TPSA) is 0 Å². The molecule has 192 valence electrons. The van der Waals surface area contributed by atoms with Gasteiger partial charge in [0.25, 0.3) is 0 Å².